The number of aryl methyl sites for hydroxylation is 1. The zero-order chi connectivity index (χ0) is 25.5. The van der Waals surface area contributed by atoms with Gasteiger partial charge in [-0.15, -0.1) is 0 Å². The second-order valence-corrected chi connectivity index (χ2v) is 11.5. The summed E-state index contributed by atoms with van der Waals surface area (Å²) in [6.07, 6.45) is 1.61. The van der Waals surface area contributed by atoms with E-state index in [-0.39, 0.29) is 24.8 Å². The zero-order valence-corrected chi connectivity index (χ0v) is 21.9. The molecule has 0 spiro atoms. The van der Waals surface area contributed by atoms with E-state index in [0.717, 1.165) is 17.4 Å². The summed E-state index contributed by atoms with van der Waals surface area (Å²) < 4.78 is 26.0. The van der Waals surface area contributed by atoms with Crippen molar-refractivity contribution in [1.29, 1.82) is 0 Å². The maximum atomic E-state index is 13.3. The molecular formula is C26H37N3O4S. The minimum atomic E-state index is -3.50. The van der Waals surface area contributed by atoms with Crippen molar-refractivity contribution in [2.24, 2.45) is 0 Å². The fourth-order valence-electron chi connectivity index (χ4n) is 3.63. The quantitative estimate of drug-likeness (QED) is 0.551. The number of nitrogens with zero attached hydrogens (tertiary/aromatic N) is 2. The number of carbonyl (C=O) groups excluding carboxylic acids is 2. The van der Waals surface area contributed by atoms with Crippen LogP contribution in [-0.2, 0) is 26.2 Å². The monoisotopic (exact) mass is 487 g/mol. The lowest BCUT2D eigenvalue weighted by molar-refractivity contribution is -0.141. The lowest BCUT2D eigenvalue weighted by atomic mass is 10.1. The number of carbonyl (C=O) groups is 2. The maximum absolute atomic E-state index is 13.3. The third-order valence-electron chi connectivity index (χ3n) is 5.46. The van der Waals surface area contributed by atoms with Gasteiger partial charge in [0.15, 0.2) is 0 Å². The van der Waals surface area contributed by atoms with Gasteiger partial charge in [-0.25, -0.2) is 8.42 Å². The van der Waals surface area contributed by atoms with E-state index in [1.54, 1.807) is 36.1 Å². The molecule has 0 aromatic heterocycles. The summed E-state index contributed by atoms with van der Waals surface area (Å²) in [6, 6.07) is 15.9. The second kappa shape index (κ2) is 11.5. The Labute approximate surface area is 204 Å². The van der Waals surface area contributed by atoms with E-state index >= 15 is 0 Å². The van der Waals surface area contributed by atoms with Gasteiger partial charge in [0.05, 0.1) is 11.9 Å². The number of nitrogens with one attached hydrogen (secondary N) is 1. The van der Waals surface area contributed by atoms with Crippen LogP contribution in [0.5, 0.6) is 0 Å². The van der Waals surface area contributed by atoms with Crippen LogP contribution in [0.15, 0.2) is 54.6 Å². The van der Waals surface area contributed by atoms with Gasteiger partial charge in [-0.1, -0.05) is 42.5 Å². The average molecular weight is 488 g/mol. The molecule has 34 heavy (non-hydrogen) atoms. The van der Waals surface area contributed by atoms with Gasteiger partial charge in [0, 0.05) is 25.0 Å². The molecule has 0 unspecified atom stereocenters. The van der Waals surface area contributed by atoms with Crippen molar-refractivity contribution in [3.8, 4) is 0 Å². The number of para-hydroxylation sites is 1. The van der Waals surface area contributed by atoms with Gasteiger partial charge in [0.1, 0.15) is 6.04 Å². The van der Waals surface area contributed by atoms with Crippen LogP contribution in [0.1, 0.15) is 51.7 Å². The largest absolute Gasteiger partial charge is 0.350 e. The Morgan fingerprint density at radius 3 is 2.15 bits per heavy atom. The number of benzene rings is 2. The number of hydrogen-bond donors (Lipinski definition) is 1. The van der Waals surface area contributed by atoms with Crippen LogP contribution in [0.3, 0.4) is 0 Å². The Balaban J connectivity index is 2.18. The molecule has 2 aromatic rings. The van der Waals surface area contributed by atoms with Crippen LogP contribution < -0.4 is 9.62 Å². The molecule has 1 N–H and O–H groups in total. The van der Waals surface area contributed by atoms with Gasteiger partial charge in [-0.05, 0) is 64.3 Å². The highest BCUT2D eigenvalue weighted by Gasteiger charge is 2.29. The third kappa shape index (κ3) is 8.17. The van der Waals surface area contributed by atoms with Crippen LogP contribution in [0.2, 0.25) is 0 Å². The number of hydrogen-bond acceptors (Lipinski definition) is 4. The van der Waals surface area contributed by atoms with Crippen molar-refractivity contribution in [3.05, 3.63) is 65.7 Å². The lowest BCUT2D eigenvalue weighted by Crippen LogP contribution is -2.52. The minimum absolute atomic E-state index is 0.123. The summed E-state index contributed by atoms with van der Waals surface area (Å²) >= 11 is 0. The molecule has 8 heteroatoms. The maximum Gasteiger partial charge on any atom is 0.242 e. The normalized spacial score (nSPS) is 12.6. The van der Waals surface area contributed by atoms with E-state index < -0.39 is 21.6 Å². The van der Waals surface area contributed by atoms with Crippen molar-refractivity contribution < 1.29 is 18.0 Å². The molecule has 0 fully saturated rings. The van der Waals surface area contributed by atoms with E-state index in [0.29, 0.717) is 18.7 Å². The Morgan fingerprint density at radius 2 is 1.59 bits per heavy atom. The number of rotatable bonds is 10. The molecule has 7 nitrogen and oxygen atoms in total. The molecule has 0 aliphatic rings. The van der Waals surface area contributed by atoms with E-state index in [9.17, 15) is 18.0 Å². The van der Waals surface area contributed by atoms with Gasteiger partial charge in [0.25, 0.3) is 0 Å². The summed E-state index contributed by atoms with van der Waals surface area (Å²) in [4.78, 5) is 27.8. The smallest absolute Gasteiger partial charge is 0.242 e. The topological polar surface area (TPSA) is 86.8 Å². The Hall–Kier alpha value is -2.87. The first-order valence-electron chi connectivity index (χ1n) is 11.5. The van der Waals surface area contributed by atoms with Gasteiger partial charge in [0.2, 0.25) is 21.8 Å². The zero-order valence-electron chi connectivity index (χ0n) is 21.0. The predicted octanol–water partition coefficient (Wildman–Crippen LogP) is 3.87. The molecule has 2 amide bonds. The van der Waals surface area contributed by atoms with Crippen molar-refractivity contribution >= 4 is 27.5 Å². The summed E-state index contributed by atoms with van der Waals surface area (Å²) in [5.41, 5.74) is 2.14. The van der Waals surface area contributed by atoms with Gasteiger partial charge in [-0.3, -0.25) is 13.9 Å². The summed E-state index contributed by atoms with van der Waals surface area (Å²) in [6.45, 7) is 9.87. The number of sulfonamides is 1. The fourth-order valence-corrected chi connectivity index (χ4v) is 4.59. The molecule has 0 saturated carbocycles. The minimum Gasteiger partial charge on any atom is -0.350 e. The van der Waals surface area contributed by atoms with Crippen LogP contribution in [0.25, 0.3) is 0 Å². The molecule has 0 bridgehead atoms. The van der Waals surface area contributed by atoms with Gasteiger partial charge < -0.3 is 10.2 Å². The van der Waals surface area contributed by atoms with Gasteiger partial charge >= 0.3 is 0 Å². The first kappa shape index (κ1) is 27.4. The first-order chi connectivity index (χ1) is 15.8. The third-order valence-corrected chi connectivity index (χ3v) is 6.66. The first-order valence-corrected chi connectivity index (χ1v) is 13.3. The molecule has 2 aromatic carbocycles. The van der Waals surface area contributed by atoms with Gasteiger partial charge in [-0.2, -0.15) is 0 Å². The van der Waals surface area contributed by atoms with Crippen molar-refractivity contribution in [2.45, 2.75) is 65.6 Å². The predicted molar refractivity (Wildman–Crippen MR) is 137 cm³/mol. The SMILES string of the molecule is Cc1ccccc1CN(C(=O)CCCN(c1ccccc1)S(C)(=O)=O)[C@@H](C)C(=O)NC(C)(C)C. The van der Waals surface area contributed by atoms with E-state index in [2.05, 4.69) is 5.32 Å². The van der Waals surface area contributed by atoms with Crippen LogP contribution in [0, 0.1) is 6.92 Å². The molecule has 186 valence electrons. The standard InChI is InChI=1S/C26H37N3O4S/c1-20-13-10-11-14-22(20)19-28(21(2)25(31)27-26(3,4)5)24(30)17-12-18-29(34(6,32)33)23-15-8-7-9-16-23/h7-11,13-16,21H,12,17-19H2,1-6H3,(H,27,31)/t21-/m0/s1. The summed E-state index contributed by atoms with van der Waals surface area (Å²) in [5.74, 6) is -0.419. The highest BCUT2D eigenvalue weighted by Crippen LogP contribution is 2.19. The van der Waals surface area contributed by atoms with Crippen LogP contribution in [-0.4, -0.2) is 49.5 Å². The highest BCUT2D eigenvalue weighted by molar-refractivity contribution is 7.92. The van der Waals surface area contributed by atoms with Crippen molar-refractivity contribution in [3.63, 3.8) is 0 Å². The Kier molecular flexibility index (Phi) is 9.27. The number of anilines is 1. The summed E-state index contributed by atoms with van der Waals surface area (Å²) in [5, 5.41) is 2.95. The molecule has 0 heterocycles. The highest BCUT2D eigenvalue weighted by atomic mass is 32.2. The molecular weight excluding hydrogens is 450 g/mol. The number of amides is 2. The fraction of sp³-hybridized carbons (Fsp3) is 0.462. The Bertz CT molecular complexity index is 1080. The summed E-state index contributed by atoms with van der Waals surface area (Å²) in [7, 11) is -3.50. The molecule has 0 aliphatic heterocycles. The van der Waals surface area contributed by atoms with E-state index in [1.807, 2.05) is 58.0 Å². The molecule has 0 saturated heterocycles. The van der Waals surface area contributed by atoms with Crippen molar-refractivity contribution in [1.82, 2.24) is 10.2 Å². The molecule has 2 rings (SSSR count). The molecule has 1 atom stereocenters. The van der Waals surface area contributed by atoms with Crippen LogP contribution in [0.4, 0.5) is 5.69 Å². The van der Waals surface area contributed by atoms with Crippen LogP contribution >= 0.6 is 0 Å². The average Bonchev–Trinajstić information content (AvgIpc) is 2.74. The second-order valence-electron chi connectivity index (χ2n) is 9.64. The molecule has 0 aliphatic carbocycles. The van der Waals surface area contributed by atoms with Crippen molar-refractivity contribution in [2.75, 3.05) is 17.1 Å². The lowest BCUT2D eigenvalue weighted by Gasteiger charge is -2.32. The van der Waals surface area contributed by atoms with E-state index in [1.165, 1.54) is 4.31 Å². The van der Waals surface area contributed by atoms with E-state index in [4.69, 9.17) is 0 Å². The Morgan fingerprint density at radius 1 is 1.00 bits per heavy atom. The molecule has 0 radical (unpaired) electrons.